The predicted molar refractivity (Wildman–Crippen MR) is 251 cm³/mol. The summed E-state index contributed by atoms with van der Waals surface area (Å²) < 4.78 is 16.0. The first-order chi connectivity index (χ1) is 29.7. The second-order valence-electron chi connectivity index (χ2n) is 20.0. The zero-order chi connectivity index (χ0) is 46.1. The van der Waals surface area contributed by atoms with E-state index in [4.69, 9.17) is 15.2 Å². The Morgan fingerprint density at radius 2 is 1.81 bits per heavy atom. The average molecular weight is 968 g/mol. The number of ether oxygens (including phenoxy) is 2. The molecule has 2 aliphatic heterocycles. The van der Waals surface area contributed by atoms with Crippen LogP contribution in [0, 0.1) is 22.7 Å². The van der Waals surface area contributed by atoms with Crippen LogP contribution in [0.2, 0.25) is 8.35 Å². The van der Waals surface area contributed by atoms with Crippen LogP contribution in [0.5, 0.6) is 5.75 Å². The number of nitrogens with one attached hydrogen (secondary N) is 2. The van der Waals surface area contributed by atoms with Crippen molar-refractivity contribution in [2.24, 2.45) is 28.4 Å². The van der Waals surface area contributed by atoms with E-state index in [-0.39, 0.29) is 51.6 Å². The Balaban J connectivity index is 1.50. The number of benzene rings is 2. The Labute approximate surface area is 381 Å². The number of phenols is 1. The third kappa shape index (κ3) is 10.6. The topological polar surface area (TPSA) is 165 Å². The second-order valence-corrected chi connectivity index (χ2v) is 28.2. The number of phenolic OH excluding ortho intramolecular Hbond substituents is 1. The van der Waals surface area contributed by atoms with Crippen LogP contribution in [0.1, 0.15) is 105 Å². The number of cyclic esters (lactones) is 1. The first kappa shape index (κ1) is 48.4. The van der Waals surface area contributed by atoms with Gasteiger partial charge in [0.05, 0.1) is 11.8 Å². The molecule has 6 rings (SSSR count). The molecule has 2 fully saturated rings. The molecule has 12 nitrogen and oxygen atoms in total. The summed E-state index contributed by atoms with van der Waals surface area (Å²) in [5.74, 6) is -1.19. The number of fused-ring (bicyclic) bond motifs is 6. The molecule has 1 saturated carbocycles. The fraction of sp³-hybridized carbons (Fsp3) is 0.560. The van der Waals surface area contributed by atoms with E-state index in [0.29, 0.717) is 43.6 Å². The number of rotatable bonds is 12. The van der Waals surface area contributed by atoms with E-state index in [9.17, 15) is 24.3 Å². The van der Waals surface area contributed by atoms with Gasteiger partial charge in [0.15, 0.2) is 0 Å². The minimum absolute atomic E-state index is 0.00281. The summed E-state index contributed by atoms with van der Waals surface area (Å²) >= 11 is -3.16. The van der Waals surface area contributed by atoms with Crippen molar-refractivity contribution in [3.05, 3.63) is 71.1 Å². The van der Waals surface area contributed by atoms with Crippen LogP contribution in [-0.4, -0.2) is 95.9 Å². The molecule has 1 aliphatic carbocycles. The van der Waals surface area contributed by atoms with Gasteiger partial charge in [-0.15, -0.1) is 0 Å². The summed E-state index contributed by atoms with van der Waals surface area (Å²) in [6, 6.07) is 9.79. The molecular formula is C50H70InN5O7. The molecule has 3 aromatic rings. The number of esters is 1. The molecule has 1 saturated heterocycles. The molecule has 0 unspecified atom stereocenters. The maximum atomic E-state index is 14.7. The standard InChI is InChI=1S/C43H58N5O6.C6H9O.CH3.In/c1-9-11-13-32(39(44)27(5)53-8)40-34-24-43(6,7)25-54-42(52)35-14-12-17-48(46-35)41(51)36(45-38(50)18-26(3)4)21-28-19-30(22-31(49)20-28)29-15-16-37(33(34)23-29)47(40)10-2;1-6(2)3-5(6)4-7;;/h11,13,15-16,18-20,22-23,26-27,35-36,46,49H,9-10,12,14,17,21,24-25,44H2,1-8H3,(H,45,50);5H,3H2,1-2H3;1H3;/b13-11-,39-32+;;;/t27-,35-,36-;5-;;/m01../s1. The molecule has 63 heavy (non-hydrogen) atoms. The molecule has 5 N–H and O–H groups in total. The fourth-order valence-electron chi connectivity index (χ4n) is 9.73. The molecule has 2 amide bonds. The third-order valence-corrected chi connectivity index (χ3v) is 23.4. The first-order valence-corrected chi connectivity index (χ1v) is 29.8. The molecular weight excluding hydrogens is 897 g/mol. The predicted octanol–water partition coefficient (Wildman–Crippen LogP) is 7.66. The van der Waals surface area contributed by atoms with Crippen molar-refractivity contribution in [1.82, 2.24) is 20.3 Å². The number of methoxy groups -OCH3 is 1. The molecule has 5 atom stereocenters. The normalized spacial score (nSPS) is 22.6. The van der Waals surface area contributed by atoms with Gasteiger partial charge in [0, 0.05) is 24.9 Å². The van der Waals surface area contributed by atoms with E-state index in [1.165, 1.54) is 5.01 Å². The Hall–Kier alpha value is -4.07. The number of aromatic nitrogens is 1. The van der Waals surface area contributed by atoms with E-state index >= 15 is 0 Å². The van der Waals surface area contributed by atoms with Gasteiger partial charge in [0.25, 0.3) is 0 Å². The van der Waals surface area contributed by atoms with Crippen LogP contribution in [-0.2, 0) is 48.0 Å². The third-order valence-electron chi connectivity index (χ3n) is 13.6. The number of nitrogens with two attached hydrogens (primary N) is 1. The van der Waals surface area contributed by atoms with Crippen molar-refractivity contribution in [2.75, 3.05) is 20.3 Å². The molecule has 3 heterocycles. The summed E-state index contributed by atoms with van der Waals surface area (Å²) in [6.45, 7) is 19.6. The van der Waals surface area contributed by atoms with Gasteiger partial charge in [0.2, 0.25) is 0 Å². The number of hydrazine groups is 1. The number of hydrogen-bond acceptors (Lipinski definition) is 9. The van der Waals surface area contributed by atoms with Crippen LogP contribution < -0.4 is 16.5 Å². The van der Waals surface area contributed by atoms with Crippen LogP contribution in [0.3, 0.4) is 0 Å². The van der Waals surface area contributed by atoms with Crippen LogP contribution in [0.25, 0.3) is 27.6 Å². The Morgan fingerprint density at radius 3 is 2.44 bits per heavy atom. The first-order valence-electron chi connectivity index (χ1n) is 23.0. The van der Waals surface area contributed by atoms with Gasteiger partial charge in [-0.05, 0) is 26.7 Å². The van der Waals surface area contributed by atoms with Crippen molar-refractivity contribution in [1.29, 1.82) is 0 Å². The van der Waals surface area contributed by atoms with E-state index < -0.39 is 54.5 Å². The van der Waals surface area contributed by atoms with Gasteiger partial charge in [-0.25, -0.2) is 0 Å². The molecule has 2 aromatic carbocycles. The van der Waals surface area contributed by atoms with Crippen molar-refractivity contribution in [3.63, 3.8) is 0 Å². The number of allylic oxidation sites excluding steroid dienone is 3. The van der Waals surface area contributed by atoms with Gasteiger partial charge in [0.1, 0.15) is 0 Å². The molecule has 0 radical (unpaired) electrons. The van der Waals surface area contributed by atoms with Crippen LogP contribution in [0.15, 0.2) is 54.2 Å². The molecule has 0 spiro atoms. The molecule has 340 valence electrons. The Kier molecular flexibility index (Phi) is 15.0. The summed E-state index contributed by atoms with van der Waals surface area (Å²) in [7, 11) is 1.65. The average Bonchev–Trinajstić information content (AvgIpc) is 3.79. The second kappa shape index (κ2) is 19.6. The van der Waals surface area contributed by atoms with Crippen molar-refractivity contribution in [3.8, 4) is 16.9 Å². The Morgan fingerprint density at radius 1 is 1.10 bits per heavy atom. The molecule has 3 aliphatic rings. The van der Waals surface area contributed by atoms with Crippen molar-refractivity contribution < 1.29 is 33.8 Å². The number of aromatic hydroxyl groups is 1. The SMILES string of the molecule is CC/C=C\C(=C(/N)[C@H](C)OC)c1c2c3cc(ccc3n1CC)-c1cc(O)cc(c1)C[C@H](NC(=O)[C@H](C(C)C)[In]([CH3])[C](=O)[C@H]1CC1(C)C)C(=O)N1CCC[C@H](N1)C(=O)OCC(C)(C)C2. The number of aryl methyl sites for hydroxylation is 1. The van der Waals surface area contributed by atoms with Gasteiger partial charge in [-0.1, -0.05) is 32.9 Å². The van der Waals surface area contributed by atoms with Gasteiger partial charge in [-0.3, -0.25) is 0 Å². The summed E-state index contributed by atoms with van der Waals surface area (Å²) in [5.41, 5.74) is 16.3. The fourth-order valence-corrected chi connectivity index (χ4v) is 19.0. The zero-order valence-electron chi connectivity index (χ0n) is 39.4. The number of carbonyl (C=O) groups is 4. The molecule has 1 aromatic heterocycles. The van der Waals surface area contributed by atoms with Crippen LogP contribution >= 0.6 is 0 Å². The van der Waals surface area contributed by atoms with Crippen molar-refractivity contribution >= 4 is 59.2 Å². The van der Waals surface area contributed by atoms with E-state index in [1.807, 2.05) is 37.6 Å². The van der Waals surface area contributed by atoms with Gasteiger partial charge >= 0.3 is 272 Å². The Bertz CT molecular complexity index is 2290. The van der Waals surface area contributed by atoms with Crippen LogP contribution in [0.4, 0.5) is 0 Å². The van der Waals surface area contributed by atoms with E-state index in [0.717, 1.165) is 51.7 Å². The number of hydrogen-bond donors (Lipinski definition) is 4. The number of carbonyl (C=O) groups excluding carboxylic acids is 4. The molecule has 13 heteroatoms. The maximum absolute atomic E-state index is 14.7. The minimum atomic E-state index is -3.16. The summed E-state index contributed by atoms with van der Waals surface area (Å²) in [5, 5.41) is 16.9. The number of nitrogens with zero attached hydrogens (tertiary/aromatic N) is 2. The zero-order valence-corrected chi connectivity index (χ0v) is 42.7. The molecule has 6 bridgehead atoms. The van der Waals surface area contributed by atoms with Gasteiger partial charge in [-0.2, -0.15) is 0 Å². The van der Waals surface area contributed by atoms with Gasteiger partial charge < -0.3 is 15.0 Å². The smallest absolute Gasteiger partial charge is 0.0563 e. The quantitative estimate of drug-likeness (QED) is 0.105. The summed E-state index contributed by atoms with van der Waals surface area (Å²) in [6.07, 6.45) is 7.13. The minimum Gasteiger partial charge on any atom is -0.0563 e. The monoisotopic (exact) mass is 967 g/mol. The van der Waals surface area contributed by atoms with Crippen molar-refractivity contribution in [2.45, 2.75) is 134 Å². The number of amides is 2. The van der Waals surface area contributed by atoms with E-state index in [2.05, 4.69) is 81.1 Å². The summed E-state index contributed by atoms with van der Waals surface area (Å²) in [4.78, 5) is 56.8. The van der Waals surface area contributed by atoms with E-state index in [1.54, 1.807) is 19.2 Å².